The number of carbonyl (C=O) groups excluding carboxylic acids is 3. The lowest BCUT2D eigenvalue weighted by molar-refractivity contribution is -0.141. The zero-order valence-electron chi connectivity index (χ0n) is 25.4. The number of likely N-dealkylation sites (N-methyl/N-ethyl adjacent to an activating group) is 1. The molecule has 2 heterocycles. The first-order chi connectivity index (χ1) is 21.1. The maximum Gasteiger partial charge on any atom is 0.410 e. The number of terminal acetylenes is 1. The van der Waals surface area contributed by atoms with Crippen LogP contribution in [0.25, 0.3) is 0 Å². The molecular formula is C32H44F2N4O6. The Labute approximate surface area is 260 Å². The Bertz CT molecular complexity index is 1320. The van der Waals surface area contributed by atoms with E-state index in [0.717, 1.165) is 17.7 Å². The van der Waals surface area contributed by atoms with Crippen LogP contribution < -0.4 is 15.4 Å². The van der Waals surface area contributed by atoms with Gasteiger partial charge in [-0.2, -0.15) is 0 Å². The molecule has 2 aromatic rings. The van der Waals surface area contributed by atoms with Gasteiger partial charge in [-0.25, -0.2) is 13.6 Å². The molecule has 2 fully saturated rings. The number of hydrogen-bond acceptors (Lipinski definition) is 7. The third kappa shape index (κ3) is 8.90. The lowest BCUT2D eigenvalue weighted by atomic mass is 10.1. The van der Waals surface area contributed by atoms with Crippen LogP contribution in [0.4, 0.5) is 13.6 Å². The van der Waals surface area contributed by atoms with Crippen molar-refractivity contribution in [2.24, 2.45) is 0 Å². The molecule has 2 N–H and O–H groups in total. The van der Waals surface area contributed by atoms with E-state index in [0.29, 0.717) is 31.7 Å². The highest BCUT2D eigenvalue weighted by Gasteiger charge is 2.48. The molecule has 0 aliphatic carbocycles. The Morgan fingerprint density at radius 3 is 2.32 bits per heavy atom. The zero-order valence-corrected chi connectivity index (χ0v) is 25.4. The largest absolute Gasteiger partial charge is 0.497 e. The summed E-state index contributed by atoms with van der Waals surface area (Å²) in [5, 5.41) is 5.69. The first-order valence-corrected chi connectivity index (χ1v) is 14.4. The lowest BCUT2D eigenvalue weighted by Crippen LogP contribution is -2.58. The topological polar surface area (TPSA) is 109 Å². The summed E-state index contributed by atoms with van der Waals surface area (Å²) in [6.07, 6.45) is 5.64. The fourth-order valence-electron chi connectivity index (χ4n) is 5.14. The van der Waals surface area contributed by atoms with Crippen LogP contribution in [0.2, 0.25) is 0 Å². The highest BCUT2D eigenvalue weighted by atomic mass is 19.2. The summed E-state index contributed by atoms with van der Waals surface area (Å²) in [5.41, 5.74) is 0.921. The van der Waals surface area contributed by atoms with Gasteiger partial charge in [0, 0.05) is 22.0 Å². The second-order valence-corrected chi connectivity index (χ2v) is 10.5. The van der Waals surface area contributed by atoms with Crippen LogP contribution in [-0.2, 0) is 25.7 Å². The standard InChI is InChI=1S/C25H34N4O5.C7H6F2O.2H2/c1-5-15-33-18(3)22(27-23(30)17(2)26-4)24(31)28-13-11-21-20(28)12-14-29(21)25(32)34-16-19-9-7-6-8-10-19;1-10-5-2-3-6(8)7(9)4-5;;/h1,6-10,17-18,20-22,26H,11-16H2,2-4H3,(H,27,30);2-4H,1H3;2*1H/t17-,18+,20+,21+,22-;;;/m0.../s1. The van der Waals surface area contributed by atoms with Crippen molar-refractivity contribution in [3.63, 3.8) is 0 Å². The number of halogens is 2. The summed E-state index contributed by atoms with van der Waals surface area (Å²) in [7, 11) is 3.07. The SMILES string of the molecule is C#CCO[C@H](C)[C@H](NC(=O)[C@H](C)NC)C(=O)N1CC[C@@H]2[C@H]1CCN2C(=O)OCc1ccccc1.COc1ccc(F)c(F)c1.[HH].[HH]. The van der Waals surface area contributed by atoms with Crippen molar-refractivity contribution in [1.82, 2.24) is 20.4 Å². The van der Waals surface area contributed by atoms with Crippen LogP contribution in [0.1, 0.15) is 35.1 Å². The predicted molar refractivity (Wildman–Crippen MR) is 164 cm³/mol. The Kier molecular flexibility index (Phi) is 12.9. The molecule has 3 amide bonds. The molecular weight excluding hydrogens is 574 g/mol. The molecule has 5 atom stereocenters. The van der Waals surface area contributed by atoms with Gasteiger partial charge in [-0.3, -0.25) is 9.59 Å². The van der Waals surface area contributed by atoms with Gasteiger partial charge in [-0.05, 0) is 51.4 Å². The number of ether oxygens (including phenoxy) is 3. The average Bonchev–Trinajstić information content (AvgIpc) is 3.65. The fraction of sp³-hybridized carbons (Fsp3) is 0.469. The molecule has 12 heteroatoms. The Morgan fingerprint density at radius 2 is 1.70 bits per heavy atom. The highest BCUT2D eigenvalue weighted by molar-refractivity contribution is 5.90. The van der Waals surface area contributed by atoms with Gasteiger partial charge in [0.15, 0.2) is 11.6 Å². The molecule has 0 bridgehead atoms. The van der Waals surface area contributed by atoms with Gasteiger partial charge in [-0.1, -0.05) is 36.3 Å². The van der Waals surface area contributed by atoms with Gasteiger partial charge in [0.1, 0.15) is 25.0 Å². The maximum absolute atomic E-state index is 13.6. The summed E-state index contributed by atoms with van der Waals surface area (Å²) < 4.78 is 40.3. The first-order valence-electron chi connectivity index (χ1n) is 14.4. The second kappa shape index (κ2) is 16.6. The molecule has 0 spiro atoms. The monoisotopic (exact) mass is 618 g/mol. The summed E-state index contributed by atoms with van der Waals surface area (Å²) in [6, 6.07) is 11.3. The van der Waals surface area contributed by atoms with E-state index in [4.69, 9.17) is 15.9 Å². The highest BCUT2D eigenvalue weighted by Crippen LogP contribution is 2.33. The number of hydrogen-bond donors (Lipinski definition) is 2. The smallest absolute Gasteiger partial charge is 0.410 e. The normalized spacial score (nSPS) is 19.0. The van der Waals surface area contributed by atoms with Crippen molar-refractivity contribution in [2.45, 2.75) is 63.6 Å². The zero-order chi connectivity index (χ0) is 32.2. The van der Waals surface area contributed by atoms with Crippen LogP contribution in [0.15, 0.2) is 48.5 Å². The number of nitrogens with zero attached hydrogens (tertiary/aromatic N) is 2. The molecule has 0 unspecified atom stereocenters. The molecule has 10 nitrogen and oxygen atoms in total. The summed E-state index contributed by atoms with van der Waals surface area (Å²) >= 11 is 0. The van der Waals surface area contributed by atoms with E-state index in [-0.39, 0.29) is 46.1 Å². The number of likely N-dealkylation sites (tertiary alicyclic amines) is 2. The number of amides is 3. The molecule has 242 valence electrons. The van der Waals surface area contributed by atoms with E-state index < -0.39 is 29.8 Å². The number of methoxy groups -OCH3 is 1. The van der Waals surface area contributed by atoms with Gasteiger partial charge in [0.2, 0.25) is 11.8 Å². The Morgan fingerprint density at radius 1 is 1.05 bits per heavy atom. The van der Waals surface area contributed by atoms with Crippen molar-refractivity contribution in [1.29, 1.82) is 0 Å². The van der Waals surface area contributed by atoms with E-state index in [1.54, 1.807) is 30.7 Å². The molecule has 2 saturated heterocycles. The molecule has 2 aliphatic heterocycles. The van der Waals surface area contributed by atoms with Crippen LogP contribution in [-0.4, -0.2) is 91.8 Å². The minimum Gasteiger partial charge on any atom is -0.497 e. The number of fused-ring (bicyclic) bond motifs is 1. The minimum atomic E-state index is -0.889. The van der Waals surface area contributed by atoms with Gasteiger partial charge in [-0.15, -0.1) is 6.42 Å². The van der Waals surface area contributed by atoms with E-state index >= 15 is 0 Å². The Balaban J connectivity index is 0.000000754. The predicted octanol–water partition coefficient (Wildman–Crippen LogP) is 3.59. The summed E-state index contributed by atoms with van der Waals surface area (Å²) in [6.45, 7) is 4.69. The molecule has 44 heavy (non-hydrogen) atoms. The van der Waals surface area contributed by atoms with Gasteiger partial charge < -0.3 is 34.6 Å². The van der Waals surface area contributed by atoms with Crippen molar-refractivity contribution in [3.8, 4) is 18.1 Å². The molecule has 4 rings (SSSR count). The molecule has 2 aromatic carbocycles. The van der Waals surface area contributed by atoms with Crippen LogP contribution in [0.3, 0.4) is 0 Å². The minimum absolute atomic E-state index is 0. The van der Waals surface area contributed by atoms with Crippen LogP contribution in [0.5, 0.6) is 5.75 Å². The summed E-state index contributed by atoms with van der Waals surface area (Å²) in [5.74, 6) is 0.437. The number of rotatable bonds is 10. The van der Waals surface area contributed by atoms with Crippen molar-refractivity contribution in [3.05, 3.63) is 65.7 Å². The molecule has 2 aliphatic rings. The summed E-state index contributed by atoms with van der Waals surface area (Å²) in [4.78, 5) is 42.3. The van der Waals surface area contributed by atoms with Gasteiger partial charge in [0.25, 0.3) is 0 Å². The van der Waals surface area contributed by atoms with E-state index in [1.165, 1.54) is 13.2 Å². The number of nitrogens with one attached hydrogen (secondary N) is 2. The Hall–Kier alpha value is -4.21. The van der Waals surface area contributed by atoms with E-state index in [9.17, 15) is 23.2 Å². The lowest BCUT2D eigenvalue weighted by Gasteiger charge is -2.32. The van der Waals surface area contributed by atoms with Crippen LogP contribution in [0, 0.1) is 24.0 Å². The fourth-order valence-corrected chi connectivity index (χ4v) is 5.14. The third-order valence-electron chi connectivity index (χ3n) is 7.71. The third-order valence-corrected chi connectivity index (χ3v) is 7.71. The van der Waals surface area contributed by atoms with E-state index in [1.807, 2.05) is 30.3 Å². The second-order valence-electron chi connectivity index (χ2n) is 10.5. The molecule has 0 radical (unpaired) electrons. The van der Waals surface area contributed by atoms with Gasteiger partial charge in [0.05, 0.1) is 31.3 Å². The molecule has 0 aromatic heterocycles. The number of carbonyl (C=O) groups is 3. The van der Waals surface area contributed by atoms with Crippen LogP contribution >= 0.6 is 0 Å². The van der Waals surface area contributed by atoms with Crippen molar-refractivity contribution < 1.29 is 40.2 Å². The van der Waals surface area contributed by atoms with Crippen molar-refractivity contribution >= 4 is 17.9 Å². The maximum atomic E-state index is 13.6. The van der Waals surface area contributed by atoms with Gasteiger partial charge >= 0.3 is 6.09 Å². The first kappa shape index (κ1) is 34.3. The van der Waals surface area contributed by atoms with E-state index in [2.05, 4.69) is 21.3 Å². The average molecular weight is 619 g/mol. The quantitative estimate of drug-likeness (QED) is 0.392. The van der Waals surface area contributed by atoms with Crippen molar-refractivity contribution in [2.75, 3.05) is 33.9 Å². The number of benzene rings is 2. The molecule has 0 saturated carbocycles.